The van der Waals surface area contributed by atoms with Crippen LogP contribution < -0.4 is 5.32 Å². The van der Waals surface area contributed by atoms with E-state index in [2.05, 4.69) is 12.2 Å². The molecule has 68 valence electrons. The number of hydrogen-bond acceptors (Lipinski definition) is 2. The normalized spacial score (nSPS) is 11.4. The number of ketones is 1. The van der Waals surface area contributed by atoms with Crippen molar-refractivity contribution in [2.75, 3.05) is 6.54 Å². The second-order valence-corrected chi connectivity index (χ2v) is 2.29. The van der Waals surface area contributed by atoms with E-state index in [1.165, 1.54) is 0 Å². The molecule has 0 aliphatic rings. The first-order chi connectivity index (χ1) is 5.18. The fourth-order valence-electron chi connectivity index (χ4n) is 0.505. The molecule has 0 aliphatic heterocycles. The molecule has 1 atom stereocenters. The average molecular weight is 159 g/mol. The summed E-state index contributed by atoms with van der Waals surface area (Å²) in [6, 6.07) is 0.0324. The summed E-state index contributed by atoms with van der Waals surface area (Å²) in [7, 11) is 0. The van der Waals surface area contributed by atoms with Gasteiger partial charge in [0.2, 0.25) is 0 Å². The smallest absolute Gasteiger partial charge is 0.146 e. The summed E-state index contributed by atoms with van der Waals surface area (Å²) in [4.78, 5) is 10.6. The topological polar surface area (TPSA) is 29.1 Å². The van der Waals surface area contributed by atoms with Gasteiger partial charge in [-0.3, -0.25) is 4.79 Å². The monoisotopic (exact) mass is 159 g/mol. The predicted octanol–water partition coefficient (Wildman–Crippen LogP) is 1.99. The van der Waals surface area contributed by atoms with Crippen molar-refractivity contribution in [3.05, 3.63) is 0 Å². The molecule has 0 aromatic carbocycles. The van der Waals surface area contributed by atoms with Gasteiger partial charge in [0.25, 0.3) is 0 Å². The van der Waals surface area contributed by atoms with Crippen molar-refractivity contribution in [2.45, 2.75) is 47.1 Å². The van der Waals surface area contributed by atoms with Crippen molar-refractivity contribution >= 4 is 5.78 Å². The van der Waals surface area contributed by atoms with Crippen LogP contribution in [-0.2, 0) is 4.79 Å². The highest BCUT2D eigenvalue weighted by molar-refractivity contribution is 5.80. The molecule has 1 N–H and O–H groups in total. The van der Waals surface area contributed by atoms with Gasteiger partial charge in [0.1, 0.15) is 5.78 Å². The van der Waals surface area contributed by atoms with Crippen molar-refractivity contribution < 1.29 is 4.79 Å². The van der Waals surface area contributed by atoms with E-state index in [-0.39, 0.29) is 11.8 Å². The summed E-state index contributed by atoms with van der Waals surface area (Å²) in [6.45, 7) is 10.5. The Balaban J connectivity index is 0. The molecule has 0 radical (unpaired) electrons. The highest BCUT2D eigenvalue weighted by Gasteiger charge is 2.03. The Hall–Kier alpha value is -0.370. The van der Waals surface area contributed by atoms with Crippen LogP contribution in [0.5, 0.6) is 0 Å². The van der Waals surface area contributed by atoms with Gasteiger partial charge in [0.15, 0.2) is 0 Å². The van der Waals surface area contributed by atoms with Crippen LogP contribution in [-0.4, -0.2) is 18.4 Å². The first kappa shape index (κ1) is 13.2. The molecule has 2 nitrogen and oxygen atoms in total. The molecule has 0 aromatic heterocycles. The highest BCUT2D eigenvalue weighted by atomic mass is 16.1. The number of carbonyl (C=O) groups excluding carboxylic acids is 1. The lowest BCUT2D eigenvalue weighted by molar-refractivity contribution is -0.118. The third-order valence-corrected chi connectivity index (χ3v) is 1.31. The second kappa shape index (κ2) is 9.63. The molecule has 2 heteroatoms. The molecule has 0 rings (SSSR count). The van der Waals surface area contributed by atoms with Crippen LogP contribution in [0.2, 0.25) is 0 Å². The van der Waals surface area contributed by atoms with Crippen molar-refractivity contribution in [3.8, 4) is 0 Å². The predicted molar refractivity (Wildman–Crippen MR) is 49.8 cm³/mol. The molecule has 0 amide bonds. The Morgan fingerprint density at radius 3 is 2.18 bits per heavy atom. The SMILES string of the molecule is CC.CCCNC(C)C(C)=O. The molecule has 1 unspecified atom stereocenters. The molecule has 0 fully saturated rings. The number of rotatable bonds is 4. The minimum Gasteiger partial charge on any atom is -0.308 e. The Bertz CT molecular complexity index is 91.6. The van der Waals surface area contributed by atoms with E-state index in [1.807, 2.05) is 20.8 Å². The molecule has 11 heavy (non-hydrogen) atoms. The first-order valence-electron chi connectivity index (χ1n) is 4.42. The van der Waals surface area contributed by atoms with Crippen molar-refractivity contribution in [3.63, 3.8) is 0 Å². The standard InChI is InChI=1S/C7H15NO.C2H6/c1-4-5-8-6(2)7(3)9;1-2/h6,8H,4-5H2,1-3H3;1-2H3. The molecular formula is C9H21NO. The van der Waals surface area contributed by atoms with Crippen LogP contribution in [0.1, 0.15) is 41.0 Å². The lowest BCUT2D eigenvalue weighted by atomic mass is 10.2. The maximum absolute atomic E-state index is 10.6. The van der Waals surface area contributed by atoms with Gasteiger partial charge in [0.05, 0.1) is 6.04 Å². The fourth-order valence-corrected chi connectivity index (χ4v) is 0.505. The van der Waals surface area contributed by atoms with Gasteiger partial charge < -0.3 is 5.32 Å². The van der Waals surface area contributed by atoms with E-state index in [9.17, 15) is 4.79 Å². The first-order valence-corrected chi connectivity index (χ1v) is 4.42. The van der Waals surface area contributed by atoms with Gasteiger partial charge in [-0.2, -0.15) is 0 Å². The zero-order chi connectivity index (χ0) is 9.28. The van der Waals surface area contributed by atoms with Crippen LogP contribution in [0.25, 0.3) is 0 Å². The molecule has 0 aliphatic carbocycles. The lowest BCUT2D eigenvalue weighted by Gasteiger charge is -2.07. The van der Waals surface area contributed by atoms with Crippen molar-refractivity contribution in [1.82, 2.24) is 5.32 Å². The van der Waals surface area contributed by atoms with Gasteiger partial charge in [-0.05, 0) is 26.8 Å². The Morgan fingerprint density at radius 2 is 1.91 bits per heavy atom. The van der Waals surface area contributed by atoms with Gasteiger partial charge in [-0.25, -0.2) is 0 Å². The van der Waals surface area contributed by atoms with E-state index >= 15 is 0 Å². The molecule has 0 heterocycles. The Morgan fingerprint density at radius 1 is 1.45 bits per heavy atom. The zero-order valence-electron chi connectivity index (χ0n) is 8.40. The van der Waals surface area contributed by atoms with Crippen LogP contribution in [0.15, 0.2) is 0 Å². The van der Waals surface area contributed by atoms with Gasteiger partial charge in [-0.1, -0.05) is 20.8 Å². The number of nitrogens with one attached hydrogen (secondary N) is 1. The van der Waals surface area contributed by atoms with E-state index in [4.69, 9.17) is 0 Å². The number of Topliss-reactive ketones (excluding diaryl/α,β-unsaturated/α-hetero) is 1. The van der Waals surface area contributed by atoms with Crippen molar-refractivity contribution in [2.24, 2.45) is 0 Å². The summed E-state index contributed by atoms with van der Waals surface area (Å²) in [5.41, 5.74) is 0. The third-order valence-electron chi connectivity index (χ3n) is 1.31. The van der Waals surface area contributed by atoms with E-state index < -0.39 is 0 Å². The van der Waals surface area contributed by atoms with Crippen LogP contribution in [0.3, 0.4) is 0 Å². The number of hydrogen-bond donors (Lipinski definition) is 1. The van der Waals surface area contributed by atoms with E-state index in [0.717, 1.165) is 13.0 Å². The summed E-state index contributed by atoms with van der Waals surface area (Å²) < 4.78 is 0. The molecule has 0 aromatic rings. The zero-order valence-corrected chi connectivity index (χ0v) is 8.40. The van der Waals surface area contributed by atoms with Gasteiger partial charge in [0, 0.05) is 0 Å². The second-order valence-electron chi connectivity index (χ2n) is 2.29. The summed E-state index contributed by atoms with van der Waals surface area (Å²) >= 11 is 0. The maximum Gasteiger partial charge on any atom is 0.146 e. The minimum absolute atomic E-state index is 0.0324. The molecule has 0 saturated carbocycles. The summed E-state index contributed by atoms with van der Waals surface area (Å²) in [5.74, 6) is 0.212. The Kier molecular flexibility index (Phi) is 11.6. The van der Waals surface area contributed by atoms with Gasteiger partial charge >= 0.3 is 0 Å². The van der Waals surface area contributed by atoms with Crippen LogP contribution >= 0.6 is 0 Å². The van der Waals surface area contributed by atoms with Crippen LogP contribution in [0.4, 0.5) is 0 Å². The van der Waals surface area contributed by atoms with E-state index in [0.29, 0.717) is 0 Å². The number of carbonyl (C=O) groups is 1. The molecule has 0 saturated heterocycles. The average Bonchev–Trinajstić information content (AvgIpc) is 2.03. The summed E-state index contributed by atoms with van der Waals surface area (Å²) in [5, 5.41) is 3.08. The molecule has 0 spiro atoms. The van der Waals surface area contributed by atoms with E-state index in [1.54, 1.807) is 6.92 Å². The lowest BCUT2D eigenvalue weighted by Crippen LogP contribution is -2.32. The quantitative estimate of drug-likeness (QED) is 0.679. The maximum atomic E-state index is 10.6. The van der Waals surface area contributed by atoms with Crippen LogP contribution in [0, 0.1) is 0 Å². The highest BCUT2D eigenvalue weighted by Crippen LogP contribution is 1.82. The largest absolute Gasteiger partial charge is 0.308 e. The third kappa shape index (κ3) is 9.63. The fraction of sp³-hybridized carbons (Fsp3) is 0.889. The molecular weight excluding hydrogens is 138 g/mol. The van der Waals surface area contributed by atoms with Crippen molar-refractivity contribution in [1.29, 1.82) is 0 Å². The van der Waals surface area contributed by atoms with Gasteiger partial charge in [-0.15, -0.1) is 0 Å². The Labute approximate surface area is 70.4 Å². The summed E-state index contributed by atoms with van der Waals surface area (Å²) in [6.07, 6.45) is 1.08. The minimum atomic E-state index is 0.0324. The molecule has 0 bridgehead atoms.